The van der Waals surface area contributed by atoms with Gasteiger partial charge >= 0.3 is 0 Å². The zero-order chi connectivity index (χ0) is 12.8. The van der Waals surface area contributed by atoms with Gasteiger partial charge in [0.05, 0.1) is 0 Å². The summed E-state index contributed by atoms with van der Waals surface area (Å²) in [5.41, 5.74) is 0. The minimum Gasteiger partial charge on any atom is -0.301 e. The first kappa shape index (κ1) is 14.3. The van der Waals surface area contributed by atoms with Gasteiger partial charge in [0.2, 0.25) is 0 Å². The lowest BCUT2D eigenvalue weighted by Gasteiger charge is -2.28. The molecule has 2 aliphatic rings. The Kier molecular flexibility index (Phi) is 5.97. The summed E-state index contributed by atoms with van der Waals surface area (Å²) in [6.07, 6.45) is 9.85. The summed E-state index contributed by atoms with van der Waals surface area (Å²) in [6.45, 7) is 11.5. The molecule has 2 unspecified atom stereocenters. The Hall–Kier alpha value is -0.0800. The van der Waals surface area contributed by atoms with Crippen LogP contribution in [0, 0.1) is 5.92 Å². The molecule has 2 heteroatoms. The van der Waals surface area contributed by atoms with Crippen molar-refractivity contribution in [3.63, 3.8) is 0 Å². The first-order chi connectivity index (χ1) is 8.83. The molecule has 2 fully saturated rings. The van der Waals surface area contributed by atoms with E-state index < -0.39 is 0 Å². The van der Waals surface area contributed by atoms with Crippen LogP contribution in [0.2, 0.25) is 0 Å². The lowest BCUT2D eigenvalue weighted by molar-refractivity contribution is 0.191. The number of unbranched alkanes of at least 4 members (excludes halogenated alkanes) is 1. The topological polar surface area (TPSA) is 6.48 Å². The van der Waals surface area contributed by atoms with E-state index in [4.69, 9.17) is 0 Å². The van der Waals surface area contributed by atoms with Gasteiger partial charge in [-0.25, -0.2) is 0 Å². The number of fused-ring (bicyclic) bond motifs is 1. The normalized spacial score (nSPS) is 28.0. The standard InChI is InChI=1S/C16H32N2/c1-3-5-8-15(4-2)13-17-10-7-12-18-11-6-9-16(18)14-17/h15-16H,3-14H2,1-2H3. The Bertz CT molecular complexity index is 229. The van der Waals surface area contributed by atoms with Crippen LogP contribution in [0.5, 0.6) is 0 Å². The highest BCUT2D eigenvalue weighted by Crippen LogP contribution is 2.23. The molecule has 0 amide bonds. The SMILES string of the molecule is CCCCC(CC)CN1CCCN2CCCC2C1. The molecule has 2 heterocycles. The molecular weight excluding hydrogens is 220 g/mol. The third-order valence-electron chi connectivity index (χ3n) is 4.95. The molecule has 0 bridgehead atoms. The second-order valence-corrected chi connectivity index (χ2v) is 6.36. The summed E-state index contributed by atoms with van der Waals surface area (Å²) in [4.78, 5) is 5.52. The number of rotatable bonds is 6. The summed E-state index contributed by atoms with van der Waals surface area (Å²) in [7, 11) is 0. The highest BCUT2D eigenvalue weighted by molar-refractivity contribution is 4.85. The van der Waals surface area contributed by atoms with Crippen LogP contribution in [0.25, 0.3) is 0 Å². The van der Waals surface area contributed by atoms with E-state index in [1.807, 2.05) is 0 Å². The minimum atomic E-state index is 0.885. The molecular formula is C16H32N2. The fourth-order valence-electron chi connectivity index (χ4n) is 3.73. The zero-order valence-electron chi connectivity index (χ0n) is 12.5. The van der Waals surface area contributed by atoms with Crippen LogP contribution in [0.3, 0.4) is 0 Å². The van der Waals surface area contributed by atoms with Crippen molar-refractivity contribution in [1.82, 2.24) is 9.80 Å². The van der Waals surface area contributed by atoms with Gasteiger partial charge < -0.3 is 4.90 Å². The van der Waals surface area contributed by atoms with Crippen LogP contribution in [0.4, 0.5) is 0 Å². The number of nitrogens with zero attached hydrogens (tertiary/aromatic N) is 2. The molecule has 0 N–H and O–H groups in total. The fourth-order valence-corrected chi connectivity index (χ4v) is 3.73. The van der Waals surface area contributed by atoms with Gasteiger partial charge in [0, 0.05) is 19.1 Å². The molecule has 2 aliphatic heterocycles. The van der Waals surface area contributed by atoms with Crippen molar-refractivity contribution in [3.8, 4) is 0 Å². The van der Waals surface area contributed by atoms with Crippen LogP contribution in [0.15, 0.2) is 0 Å². The van der Waals surface area contributed by atoms with E-state index in [1.54, 1.807) is 0 Å². The maximum atomic E-state index is 2.78. The van der Waals surface area contributed by atoms with Gasteiger partial charge in [0.1, 0.15) is 0 Å². The maximum absolute atomic E-state index is 2.78. The molecule has 2 nitrogen and oxygen atoms in total. The van der Waals surface area contributed by atoms with E-state index in [0.29, 0.717) is 0 Å². The van der Waals surface area contributed by atoms with E-state index >= 15 is 0 Å². The summed E-state index contributed by atoms with van der Waals surface area (Å²) < 4.78 is 0. The first-order valence-corrected chi connectivity index (χ1v) is 8.29. The number of hydrogen-bond acceptors (Lipinski definition) is 2. The molecule has 0 aliphatic carbocycles. The van der Waals surface area contributed by atoms with Gasteiger partial charge in [0.25, 0.3) is 0 Å². The van der Waals surface area contributed by atoms with E-state index in [2.05, 4.69) is 23.6 Å². The van der Waals surface area contributed by atoms with Gasteiger partial charge in [-0.15, -0.1) is 0 Å². The van der Waals surface area contributed by atoms with Crippen molar-refractivity contribution in [2.24, 2.45) is 5.92 Å². The Morgan fingerprint density at radius 2 is 1.94 bits per heavy atom. The van der Waals surface area contributed by atoms with Crippen molar-refractivity contribution in [1.29, 1.82) is 0 Å². The van der Waals surface area contributed by atoms with Gasteiger partial charge in [-0.05, 0) is 51.2 Å². The third-order valence-corrected chi connectivity index (χ3v) is 4.95. The molecule has 0 saturated carbocycles. The molecule has 106 valence electrons. The zero-order valence-corrected chi connectivity index (χ0v) is 12.5. The molecule has 0 aromatic heterocycles. The molecule has 0 spiro atoms. The van der Waals surface area contributed by atoms with Gasteiger partial charge in [-0.3, -0.25) is 4.90 Å². The highest BCUT2D eigenvalue weighted by Gasteiger charge is 2.29. The smallest absolute Gasteiger partial charge is 0.0223 e. The Labute approximate surface area is 114 Å². The average Bonchev–Trinajstić information content (AvgIpc) is 2.73. The van der Waals surface area contributed by atoms with Crippen molar-refractivity contribution in [2.75, 3.05) is 32.7 Å². The quantitative estimate of drug-likeness (QED) is 0.715. The first-order valence-electron chi connectivity index (χ1n) is 8.29. The van der Waals surface area contributed by atoms with Gasteiger partial charge in [-0.2, -0.15) is 0 Å². The van der Waals surface area contributed by atoms with Crippen LogP contribution >= 0.6 is 0 Å². The van der Waals surface area contributed by atoms with E-state index in [1.165, 1.54) is 77.7 Å². The van der Waals surface area contributed by atoms with Crippen molar-refractivity contribution in [2.45, 2.75) is 64.8 Å². The Morgan fingerprint density at radius 1 is 1.11 bits per heavy atom. The second-order valence-electron chi connectivity index (χ2n) is 6.36. The molecule has 2 atom stereocenters. The molecule has 0 aromatic carbocycles. The van der Waals surface area contributed by atoms with Crippen LogP contribution < -0.4 is 0 Å². The number of hydrogen-bond donors (Lipinski definition) is 0. The molecule has 2 saturated heterocycles. The summed E-state index contributed by atoms with van der Waals surface area (Å²) in [6, 6.07) is 0.885. The largest absolute Gasteiger partial charge is 0.301 e. The van der Waals surface area contributed by atoms with Gasteiger partial charge in [-0.1, -0.05) is 33.1 Å². The predicted octanol–water partition coefficient (Wildman–Crippen LogP) is 3.37. The van der Waals surface area contributed by atoms with Crippen molar-refractivity contribution in [3.05, 3.63) is 0 Å². The van der Waals surface area contributed by atoms with Gasteiger partial charge in [0.15, 0.2) is 0 Å². The summed E-state index contributed by atoms with van der Waals surface area (Å²) >= 11 is 0. The summed E-state index contributed by atoms with van der Waals surface area (Å²) in [5, 5.41) is 0. The Morgan fingerprint density at radius 3 is 2.72 bits per heavy atom. The lowest BCUT2D eigenvalue weighted by Crippen LogP contribution is -2.38. The second kappa shape index (κ2) is 7.49. The monoisotopic (exact) mass is 252 g/mol. The molecule has 0 aromatic rings. The molecule has 0 radical (unpaired) electrons. The average molecular weight is 252 g/mol. The summed E-state index contributed by atoms with van der Waals surface area (Å²) in [5.74, 6) is 0.943. The Balaban J connectivity index is 1.80. The van der Waals surface area contributed by atoms with E-state index in [9.17, 15) is 0 Å². The lowest BCUT2D eigenvalue weighted by atomic mass is 9.98. The minimum absolute atomic E-state index is 0.885. The maximum Gasteiger partial charge on any atom is 0.0223 e. The predicted molar refractivity (Wildman–Crippen MR) is 79.0 cm³/mol. The van der Waals surface area contributed by atoms with E-state index in [-0.39, 0.29) is 0 Å². The molecule has 2 rings (SSSR count). The van der Waals surface area contributed by atoms with Crippen LogP contribution in [-0.4, -0.2) is 48.6 Å². The molecule has 18 heavy (non-hydrogen) atoms. The van der Waals surface area contributed by atoms with Crippen LogP contribution in [-0.2, 0) is 0 Å². The third kappa shape index (κ3) is 3.96. The van der Waals surface area contributed by atoms with Crippen molar-refractivity contribution < 1.29 is 0 Å². The van der Waals surface area contributed by atoms with E-state index in [0.717, 1.165) is 12.0 Å². The van der Waals surface area contributed by atoms with Crippen molar-refractivity contribution >= 4 is 0 Å². The highest BCUT2D eigenvalue weighted by atomic mass is 15.3. The van der Waals surface area contributed by atoms with Crippen LogP contribution in [0.1, 0.15) is 58.8 Å². The fraction of sp³-hybridized carbons (Fsp3) is 1.00.